The predicted molar refractivity (Wildman–Crippen MR) is 105 cm³/mol. The van der Waals surface area contributed by atoms with Gasteiger partial charge in [-0.15, -0.1) is 11.3 Å². The average Bonchev–Trinajstić information content (AvgIpc) is 3.39. The first-order chi connectivity index (χ1) is 13.2. The number of aromatic nitrogens is 2. The van der Waals surface area contributed by atoms with Gasteiger partial charge in [0, 0.05) is 17.9 Å². The van der Waals surface area contributed by atoms with Gasteiger partial charge in [0.1, 0.15) is 10.1 Å². The van der Waals surface area contributed by atoms with Gasteiger partial charge in [-0.2, -0.15) is 0 Å². The molecule has 0 N–H and O–H groups in total. The van der Waals surface area contributed by atoms with E-state index in [0.717, 1.165) is 48.9 Å². The number of carbonyl (C=O) groups is 1. The van der Waals surface area contributed by atoms with Crippen molar-refractivity contribution in [2.45, 2.75) is 68.0 Å². The van der Waals surface area contributed by atoms with Crippen LogP contribution in [0.5, 0.6) is 0 Å². The van der Waals surface area contributed by atoms with E-state index >= 15 is 0 Å². The second kappa shape index (κ2) is 7.22. The van der Waals surface area contributed by atoms with Gasteiger partial charge in [0.05, 0.1) is 24.6 Å². The van der Waals surface area contributed by atoms with Crippen LogP contribution in [0.2, 0.25) is 0 Å². The Bertz CT molecular complexity index is 945. The Hall–Kier alpha value is -1.38. The molecule has 1 aliphatic carbocycles. The first-order valence-corrected chi connectivity index (χ1v) is 11.4. The minimum absolute atomic E-state index is 0.0313. The zero-order chi connectivity index (χ0) is 18.4. The molecular formula is C19H22N2O4S2. The number of fused-ring (bicyclic) bond motifs is 3. The van der Waals surface area contributed by atoms with Gasteiger partial charge in [-0.3, -0.25) is 14.2 Å². The van der Waals surface area contributed by atoms with E-state index in [1.807, 2.05) is 0 Å². The summed E-state index contributed by atoms with van der Waals surface area (Å²) in [4.78, 5) is 32.4. The van der Waals surface area contributed by atoms with Crippen LogP contribution in [-0.4, -0.2) is 40.1 Å². The van der Waals surface area contributed by atoms with Crippen LogP contribution in [0.1, 0.15) is 42.5 Å². The average molecular weight is 407 g/mol. The molecule has 5 rings (SSSR count). The topological polar surface area (TPSA) is 70.4 Å². The number of hydrogen-bond donors (Lipinski definition) is 0. The third kappa shape index (κ3) is 3.21. The van der Waals surface area contributed by atoms with E-state index in [-0.39, 0.29) is 22.9 Å². The molecule has 2 saturated heterocycles. The Balaban J connectivity index is 1.61. The Morgan fingerprint density at radius 2 is 2.04 bits per heavy atom. The smallest absolute Gasteiger partial charge is 0.319 e. The van der Waals surface area contributed by atoms with E-state index in [2.05, 4.69) is 0 Å². The van der Waals surface area contributed by atoms with Crippen LogP contribution in [0.4, 0.5) is 0 Å². The zero-order valence-corrected chi connectivity index (χ0v) is 16.7. The molecule has 2 aromatic heterocycles. The van der Waals surface area contributed by atoms with E-state index in [1.54, 1.807) is 15.9 Å². The lowest BCUT2D eigenvalue weighted by Gasteiger charge is -2.17. The third-order valence-electron chi connectivity index (χ3n) is 5.58. The van der Waals surface area contributed by atoms with Crippen molar-refractivity contribution in [2.75, 3.05) is 13.2 Å². The highest BCUT2D eigenvalue weighted by molar-refractivity contribution is 8.00. The van der Waals surface area contributed by atoms with E-state index in [4.69, 9.17) is 14.5 Å². The highest BCUT2D eigenvalue weighted by Crippen LogP contribution is 2.36. The molecule has 2 atom stereocenters. The summed E-state index contributed by atoms with van der Waals surface area (Å²) in [5.41, 5.74) is 1.24. The first-order valence-electron chi connectivity index (χ1n) is 9.70. The minimum atomic E-state index is -0.278. The second-order valence-electron chi connectivity index (χ2n) is 7.40. The summed E-state index contributed by atoms with van der Waals surface area (Å²) >= 11 is 3.03. The molecule has 4 heterocycles. The van der Waals surface area contributed by atoms with Crippen molar-refractivity contribution in [1.82, 2.24) is 9.55 Å². The van der Waals surface area contributed by atoms with Gasteiger partial charge in [0.2, 0.25) is 0 Å². The van der Waals surface area contributed by atoms with Gasteiger partial charge in [-0.05, 0) is 44.1 Å². The largest absolute Gasteiger partial charge is 0.465 e. The normalized spacial score (nSPS) is 25.1. The van der Waals surface area contributed by atoms with E-state index < -0.39 is 0 Å². The Morgan fingerprint density at radius 3 is 2.81 bits per heavy atom. The molecule has 0 unspecified atom stereocenters. The molecule has 3 aliphatic rings. The van der Waals surface area contributed by atoms with Crippen LogP contribution >= 0.6 is 23.1 Å². The van der Waals surface area contributed by atoms with Crippen molar-refractivity contribution >= 4 is 39.3 Å². The van der Waals surface area contributed by atoms with Crippen molar-refractivity contribution in [3.63, 3.8) is 0 Å². The van der Waals surface area contributed by atoms with Crippen LogP contribution in [0, 0.1) is 0 Å². The Labute approximate surface area is 165 Å². The molecule has 8 heteroatoms. The number of rotatable bonds is 4. The van der Waals surface area contributed by atoms with Crippen molar-refractivity contribution in [2.24, 2.45) is 0 Å². The van der Waals surface area contributed by atoms with Crippen molar-refractivity contribution in [3.8, 4) is 0 Å². The number of hydrogen-bond acceptors (Lipinski definition) is 7. The Morgan fingerprint density at radius 1 is 1.15 bits per heavy atom. The molecule has 6 nitrogen and oxygen atoms in total. The summed E-state index contributed by atoms with van der Waals surface area (Å²) in [6.07, 6.45) is 7.02. The molecule has 0 radical (unpaired) electrons. The van der Waals surface area contributed by atoms with Gasteiger partial charge in [0.25, 0.3) is 5.56 Å². The first kappa shape index (κ1) is 17.7. The van der Waals surface area contributed by atoms with Crippen molar-refractivity contribution < 1.29 is 14.3 Å². The lowest BCUT2D eigenvalue weighted by molar-refractivity contribution is -0.137. The number of thiophene rings is 1. The number of esters is 1. The monoisotopic (exact) mass is 406 g/mol. The number of ether oxygens (including phenoxy) is 2. The molecule has 0 spiro atoms. The number of cyclic esters (lactones) is 1. The molecule has 144 valence electrons. The van der Waals surface area contributed by atoms with Crippen LogP contribution < -0.4 is 5.56 Å². The highest BCUT2D eigenvalue weighted by atomic mass is 32.2. The fourth-order valence-electron chi connectivity index (χ4n) is 4.17. The number of aryl methyl sites for hydroxylation is 2. The van der Waals surface area contributed by atoms with Crippen molar-refractivity contribution in [3.05, 3.63) is 20.8 Å². The molecule has 2 aliphatic heterocycles. The summed E-state index contributed by atoms with van der Waals surface area (Å²) in [6, 6.07) is 0. The van der Waals surface area contributed by atoms with Crippen LogP contribution in [-0.2, 0) is 33.7 Å². The van der Waals surface area contributed by atoms with E-state index in [9.17, 15) is 9.59 Å². The lowest BCUT2D eigenvalue weighted by Crippen LogP contribution is -2.29. The van der Waals surface area contributed by atoms with Gasteiger partial charge < -0.3 is 9.47 Å². The molecule has 0 amide bonds. The SMILES string of the molecule is O=C1OCC[C@H]1Sc1nc2sc3c(c2c(=O)n1C[C@@H]1CCCO1)CCCC3. The summed E-state index contributed by atoms with van der Waals surface area (Å²) in [5, 5.41) is 1.15. The summed E-state index contributed by atoms with van der Waals surface area (Å²) in [6.45, 7) is 1.71. The quantitative estimate of drug-likeness (QED) is 0.574. The standard InChI is InChI=1S/C19H22N2O4S2/c22-17-15-12-5-1-2-6-13(12)26-16(15)20-19(27-14-7-9-25-18(14)23)21(17)10-11-4-3-8-24-11/h11,14H,1-10H2/t11-,14+/m0/s1. The lowest BCUT2D eigenvalue weighted by atomic mass is 9.97. The van der Waals surface area contributed by atoms with Gasteiger partial charge in [0.15, 0.2) is 5.16 Å². The van der Waals surface area contributed by atoms with Crippen LogP contribution in [0.25, 0.3) is 10.2 Å². The second-order valence-corrected chi connectivity index (χ2v) is 9.65. The van der Waals surface area contributed by atoms with E-state index in [0.29, 0.717) is 24.7 Å². The minimum Gasteiger partial charge on any atom is -0.465 e. The number of thioether (sulfide) groups is 1. The molecule has 2 fully saturated rings. The molecule has 27 heavy (non-hydrogen) atoms. The molecule has 0 saturated carbocycles. The summed E-state index contributed by atoms with van der Waals surface area (Å²) < 4.78 is 12.6. The fourth-order valence-corrected chi connectivity index (χ4v) is 6.55. The van der Waals surface area contributed by atoms with Crippen molar-refractivity contribution in [1.29, 1.82) is 0 Å². The van der Waals surface area contributed by atoms with Gasteiger partial charge in [-0.25, -0.2) is 4.98 Å². The third-order valence-corrected chi connectivity index (χ3v) is 8.01. The molecule has 0 bridgehead atoms. The van der Waals surface area contributed by atoms with Gasteiger partial charge in [-0.1, -0.05) is 11.8 Å². The van der Waals surface area contributed by atoms with Crippen LogP contribution in [0.15, 0.2) is 9.95 Å². The summed E-state index contributed by atoms with van der Waals surface area (Å²) in [5.74, 6) is -0.205. The van der Waals surface area contributed by atoms with E-state index in [1.165, 1.54) is 28.6 Å². The number of carbonyl (C=O) groups excluding carboxylic acids is 1. The maximum Gasteiger partial charge on any atom is 0.319 e. The predicted octanol–water partition coefficient (Wildman–Crippen LogP) is 2.92. The molecule has 2 aromatic rings. The summed E-state index contributed by atoms with van der Waals surface area (Å²) in [7, 11) is 0. The Kier molecular flexibility index (Phi) is 4.73. The van der Waals surface area contributed by atoms with Gasteiger partial charge >= 0.3 is 5.97 Å². The maximum atomic E-state index is 13.5. The fraction of sp³-hybridized carbons (Fsp3) is 0.632. The molecular weight excluding hydrogens is 384 g/mol. The molecule has 0 aromatic carbocycles. The van der Waals surface area contributed by atoms with Crippen LogP contribution in [0.3, 0.4) is 0 Å². The number of nitrogens with zero attached hydrogens (tertiary/aromatic N) is 2. The zero-order valence-electron chi connectivity index (χ0n) is 15.1. The highest BCUT2D eigenvalue weighted by Gasteiger charge is 2.31. The maximum absolute atomic E-state index is 13.5.